The summed E-state index contributed by atoms with van der Waals surface area (Å²) in [7, 11) is -0.278. The van der Waals surface area contributed by atoms with Gasteiger partial charge in [-0.1, -0.05) is 45.3 Å². The van der Waals surface area contributed by atoms with E-state index in [1.165, 1.54) is 41.6 Å². The SMILES string of the molecule is CCCC/C=C(B1OC(C)(C)C(C)(C)O1)/C(=C\c1cccs1)CCCC. The van der Waals surface area contributed by atoms with Gasteiger partial charge in [-0.2, -0.15) is 0 Å². The second-order valence-electron chi connectivity index (χ2n) is 8.18. The average molecular weight is 374 g/mol. The Labute approximate surface area is 164 Å². The van der Waals surface area contributed by atoms with Crippen LogP contribution in [0.3, 0.4) is 0 Å². The molecule has 26 heavy (non-hydrogen) atoms. The van der Waals surface area contributed by atoms with Crippen molar-refractivity contribution in [3.63, 3.8) is 0 Å². The first-order chi connectivity index (χ1) is 12.3. The molecule has 0 unspecified atom stereocenters. The van der Waals surface area contributed by atoms with Crippen molar-refractivity contribution in [3.05, 3.63) is 39.5 Å². The third-order valence-electron chi connectivity index (χ3n) is 5.46. The van der Waals surface area contributed by atoms with Crippen molar-refractivity contribution >= 4 is 24.5 Å². The Morgan fingerprint density at radius 1 is 1.08 bits per heavy atom. The molecule has 1 aromatic heterocycles. The largest absolute Gasteiger partial charge is 0.494 e. The zero-order valence-electron chi connectivity index (χ0n) is 17.4. The number of rotatable bonds is 9. The lowest BCUT2D eigenvalue weighted by Crippen LogP contribution is -2.41. The van der Waals surface area contributed by atoms with Crippen molar-refractivity contribution in [1.29, 1.82) is 0 Å². The second kappa shape index (κ2) is 9.39. The maximum Gasteiger partial charge on any atom is 0.494 e. The van der Waals surface area contributed by atoms with Gasteiger partial charge in [-0.15, -0.1) is 11.3 Å². The van der Waals surface area contributed by atoms with Gasteiger partial charge in [-0.05, 0) is 75.5 Å². The van der Waals surface area contributed by atoms with Crippen molar-refractivity contribution in [3.8, 4) is 0 Å². The summed E-state index contributed by atoms with van der Waals surface area (Å²) in [4.78, 5) is 1.30. The van der Waals surface area contributed by atoms with Gasteiger partial charge < -0.3 is 9.31 Å². The fraction of sp³-hybridized carbons (Fsp3) is 0.636. The van der Waals surface area contributed by atoms with Gasteiger partial charge in [0.05, 0.1) is 11.2 Å². The predicted molar refractivity (Wildman–Crippen MR) is 116 cm³/mol. The minimum absolute atomic E-state index is 0.278. The molecule has 0 aliphatic carbocycles. The number of hydrogen-bond donors (Lipinski definition) is 0. The van der Waals surface area contributed by atoms with Crippen LogP contribution in [0.1, 0.15) is 84.9 Å². The highest BCUT2D eigenvalue weighted by molar-refractivity contribution is 7.10. The monoisotopic (exact) mass is 374 g/mol. The Kier molecular flexibility index (Phi) is 7.75. The molecule has 0 aromatic carbocycles. The minimum Gasteiger partial charge on any atom is -0.399 e. The average Bonchev–Trinajstić information content (AvgIpc) is 3.14. The molecule has 4 heteroatoms. The van der Waals surface area contributed by atoms with E-state index in [9.17, 15) is 0 Å². The van der Waals surface area contributed by atoms with Crippen LogP contribution < -0.4 is 0 Å². The van der Waals surface area contributed by atoms with E-state index in [0.717, 1.165) is 12.8 Å². The van der Waals surface area contributed by atoms with Gasteiger partial charge in [0.1, 0.15) is 0 Å². The van der Waals surface area contributed by atoms with Gasteiger partial charge >= 0.3 is 7.12 Å². The molecule has 1 fully saturated rings. The van der Waals surface area contributed by atoms with Crippen LogP contribution in [0.4, 0.5) is 0 Å². The first kappa shape index (κ1) is 21.5. The van der Waals surface area contributed by atoms with E-state index in [2.05, 4.69) is 71.2 Å². The lowest BCUT2D eigenvalue weighted by atomic mass is 9.71. The lowest BCUT2D eigenvalue weighted by Gasteiger charge is -2.32. The Morgan fingerprint density at radius 2 is 1.73 bits per heavy atom. The summed E-state index contributed by atoms with van der Waals surface area (Å²) in [5, 5.41) is 2.14. The number of thiophene rings is 1. The highest BCUT2D eigenvalue weighted by Gasteiger charge is 2.52. The standard InChI is InChI=1S/C22H35BO2S/c1-7-9-11-15-20(23-24-21(3,4)22(5,6)25-23)18(13-10-8-2)17-19-14-12-16-26-19/h12,14-17H,7-11,13H2,1-6H3/b18-17-,20-15-. The highest BCUT2D eigenvalue weighted by Crippen LogP contribution is 2.41. The van der Waals surface area contributed by atoms with Gasteiger partial charge in [-0.25, -0.2) is 0 Å². The molecule has 0 N–H and O–H groups in total. The van der Waals surface area contributed by atoms with Gasteiger partial charge in [0.15, 0.2) is 0 Å². The first-order valence-electron chi connectivity index (χ1n) is 10.1. The molecule has 0 bridgehead atoms. The van der Waals surface area contributed by atoms with Crippen LogP contribution in [-0.2, 0) is 9.31 Å². The zero-order valence-corrected chi connectivity index (χ0v) is 18.2. The van der Waals surface area contributed by atoms with Gasteiger partial charge in [0.25, 0.3) is 0 Å². The number of unbranched alkanes of at least 4 members (excludes halogenated alkanes) is 3. The Balaban J connectivity index is 2.36. The van der Waals surface area contributed by atoms with Gasteiger partial charge in [0, 0.05) is 4.88 Å². The maximum absolute atomic E-state index is 6.41. The van der Waals surface area contributed by atoms with Crippen LogP contribution in [0, 0.1) is 0 Å². The fourth-order valence-corrected chi connectivity index (χ4v) is 3.70. The van der Waals surface area contributed by atoms with E-state index >= 15 is 0 Å². The molecule has 0 saturated carbocycles. The van der Waals surface area contributed by atoms with Crippen molar-refractivity contribution < 1.29 is 9.31 Å². The van der Waals surface area contributed by atoms with E-state index in [0.29, 0.717) is 0 Å². The Morgan fingerprint density at radius 3 is 2.27 bits per heavy atom. The second-order valence-corrected chi connectivity index (χ2v) is 9.16. The molecule has 0 radical (unpaired) electrons. The molecule has 0 spiro atoms. The smallest absolute Gasteiger partial charge is 0.399 e. The number of allylic oxidation sites excluding steroid dienone is 3. The molecular formula is C22H35BO2S. The van der Waals surface area contributed by atoms with E-state index in [1.54, 1.807) is 11.3 Å². The van der Waals surface area contributed by atoms with E-state index in [4.69, 9.17) is 9.31 Å². The van der Waals surface area contributed by atoms with Crippen molar-refractivity contribution in [2.75, 3.05) is 0 Å². The summed E-state index contributed by atoms with van der Waals surface area (Å²) in [5.41, 5.74) is 1.99. The van der Waals surface area contributed by atoms with E-state index < -0.39 is 0 Å². The molecule has 144 valence electrons. The summed E-state index contributed by atoms with van der Waals surface area (Å²) >= 11 is 1.79. The topological polar surface area (TPSA) is 18.5 Å². The van der Waals surface area contributed by atoms with Crippen LogP contribution in [0.25, 0.3) is 6.08 Å². The summed E-state index contributed by atoms with van der Waals surface area (Å²) < 4.78 is 12.8. The quantitative estimate of drug-likeness (QED) is 0.261. The minimum atomic E-state index is -0.305. The van der Waals surface area contributed by atoms with Crippen LogP contribution in [-0.4, -0.2) is 18.3 Å². The third kappa shape index (κ3) is 5.34. The lowest BCUT2D eigenvalue weighted by molar-refractivity contribution is 0.00578. The van der Waals surface area contributed by atoms with E-state index in [1.807, 2.05) is 0 Å². The molecule has 2 heterocycles. The normalized spacial score (nSPS) is 20.0. The molecule has 2 rings (SSSR count). The third-order valence-corrected chi connectivity index (χ3v) is 6.28. The molecular weight excluding hydrogens is 339 g/mol. The van der Waals surface area contributed by atoms with Crippen molar-refractivity contribution in [2.24, 2.45) is 0 Å². The highest BCUT2D eigenvalue weighted by atomic mass is 32.1. The zero-order chi connectivity index (χ0) is 19.2. The first-order valence-corrected chi connectivity index (χ1v) is 11.0. The van der Waals surface area contributed by atoms with Crippen LogP contribution in [0.5, 0.6) is 0 Å². The van der Waals surface area contributed by atoms with Crippen LogP contribution in [0.15, 0.2) is 34.6 Å². The molecule has 0 amide bonds. The van der Waals surface area contributed by atoms with Crippen molar-refractivity contribution in [1.82, 2.24) is 0 Å². The summed E-state index contributed by atoms with van der Waals surface area (Å²) in [5.74, 6) is 0. The van der Waals surface area contributed by atoms with Crippen LogP contribution >= 0.6 is 11.3 Å². The maximum atomic E-state index is 6.41. The predicted octanol–water partition coefficient (Wildman–Crippen LogP) is 7.07. The summed E-state index contributed by atoms with van der Waals surface area (Å²) in [6.45, 7) is 13.0. The molecule has 2 nitrogen and oxygen atoms in total. The Bertz CT molecular complexity index is 598. The van der Waals surface area contributed by atoms with Gasteiger partial charge in [-0.3, -0.25) is 0 Å². The van der Waals surface area contributed by atoms with Crippen molar-refractivity contribution in [2.45, 2.75) is 91.3 Å². The fourth-order valence-electron chi connectivity index (χ4n) is 3.02. The Hall–Kier alpha value is -0.835. The molecule has 1 aliphatic heterocycles. The van der Waals surface area contributed by atoms with E-state index in [-0.39, 0.29) is 18.3 Å². The molecule has 0 atom stereocenters. The summed E-state index contributed by atoms with van der Waals surface area (Å²) in [6.07, 6.45) is 11.6. The number of hydrogen-bond acceptors (Lipinski definition) is 3. The molecule has 1 saturated heterocycles. The van der Waals surface area contributed by atoms with Crippen LogP contribution in [0.2, 0.25) is 0 Å². The molecule has 1 aromatic rings. The summed E-state index contributed by atoms with van der Waals surface area (Å²) in [6, 6.07) is 4.30. The van der Waals surface area contributed by atoms with Gasteiger partial charge in [0.2, 0.25) is 0 Å². The molecule has 1 aliphatic rings.